The summed E-state index contributed by atoms with van der Waals surface area (Å²) in [6, 6.07) is 3.30. The molecule has 33 heavy (non-hydrogen) atoms. The molecule has 3 unspecified atom stereocenters. The number of benzene rings is 1. The van der Waals surface area contributed by atoms with E-state index in [1.807, 2.05) is 0 Å². The highest BCUT2D eigenvalue weighted by molar-refractivity contribution is 7.90. The number of halogens is 3. The van der Waals surface area contributed by atoms with Crippen molar-refractivity contribution < 1.29 is 35.6 Å². The normalized spacial score (nSPS) is 25.6. The van der Waals surface area contributed by atoms with Crippen LogP contribution in [-0.2, 0) is 15.3 Å². The second-order valence-electron chi connectivity index (χ2n) is 9.21. The molecule has 1 aromatic carbocycles. The van der Waals surface area contributed by atoms with Gasteiger partial charge in [-0.2, -0.15) is 18.2 Å². The molecule has 1 aromatic heterocycles. The zero-order valence-electron chi connectivity index (χ0n) is 17.9. The molecule has 0 bridgehead atoms. The number of likely N-dealkylation sites (tertiary alicyclic amines) is 1. The largest absolute Gasteiger partial charge is 0.480 e. The first-order chi connectivity index (χ1) is 15.4. The standard InChI is InChI=1S/C21H22F3N3O5S/c1-11(21(22,23)24)31-16-6-5-14(33(2,29)30)7-15(16)18(28)27-9-13-8-20(13,10-27)19-25-17(26-32-19)12-3-4-12/h5-7,11-13H,3-4,8-10H2,1-2H3. The Morgan fingerprint density at radius 2 is 2.06 bits per heavy atom. The van der Waals surface area contributed by atoms with Crippen LogP contribution in [0.25, 0.3) is 0 Å². The van der Waals surface area contributed by atoms with Gasteiger partial charge >= 0.3 is 6.18 Å². The van der Waals surface area contributed by atoms with E-state index in [1.54, 1.807) is 0 Å². The highest BCUT2D eigenvalue weighted by Gasteiger charge is 2.65. The van der Waals surface area contributed by atoms with Gasteiger partial charge in [0, 0.05) is 25.3 Å². The molecular weight excluding hydrogens is 463 g/mol. The van der Waals surface area contributed by atoms with Gasteiger partial charge in [0.2, 0.25) is 5.89 Å². The molecule has 3 atom stereocenters. The number of ether oxygens (including phenoxy) is 1. The van der Waals surface area contributed by atoms with Gasteiger partial charge in [-0.25, -0.2) is 8.42 Å². The van der Waals surface area contributed by atoms with E-state index in [4.69, 9.17) is 9.26 Å². The zero-order chi connectivity index (χ0) is 23.8. The van der Waals surface area contributed by atoms with E-state index >= 15 is 0 Å². The summed E-state index contributed by atoms with van der Waals surface area (Å²) >= 11 is 0. The summed E-state index contributed by atoms with van der Waals surface area (Å²) in [6.07, 6.45) is -3.03. The van der Waals surface area contributed by atoms with Gasteiger partial charge in [0.05, 0.1) is 15.9 Å². The second kappa shape index (κ2) is 7.18. The number of alkyl halides is 3. The summed E-state index contributed by atoms with van der Waals surface area (Å²) in [7, 11) is -3.69. The molecule has 3 aliphatic rings. The molecule has 2 saturated carbocycles. The molecule has 2 aliphatic carbocycles. The highest BCUT2D eigenvalue weighted by atomic mass is 32.2. The number of hydrogen-bond acceptors (Lipinski definition) is 7. The molecule has 1 amide bonds. The van der Waals surface area contributed by atoms with Crippen LogP contribution in [0.15, 0.2) is 27.6 Å². The minimum Gasteiger partial charge on any atom is -0.480 e. The number of rotatable bonds is 6. The molecule has 0 N–H and O–H groups in total. The van der Waals surface area contributed by atoms with E-state index in [1.165, 1.54) is 4.90 Å². The van der Waals surface area contributed by atoms with Crippen LogP contribution in [0.5, 0.6) is 5.75 Å². The molecule has 12 heteroatoms. The van der Waals surface area contributed by atoms with Crippen LogP contribution < -0.4 is 4.74 Å². The Bertz CT molecular complexity index is 1220. The Kier molecular flexibility index (Phi) is 4.83. The SMILES string of the molecule is CC(Oc1ccc(S(C)(=O)=O)cc1C(=O)N1CC2CC2(c2nc(C3CC3)no2)C1)C(F)(F)F. The van der Waals surface area contributed by atoms with Crippen molar-refractivity contribution in [3.63, 3.8) is 0 Å². The van der Waals surface area contributed by atoms with Crippen LogP contribution in [0.4, 0.5) is 13.2 Å². The van der Waals surface area contributed by atoms with Crippen LogP contribution in [0.1, 0.15) is 54.2 Å². The summed E-state index contributed by atoms with van der Waals surface area (Å²) in [4.78, 5) is 19.2. The lowest BCUT2D eigenvalue weighted by Crippen LogP contribution is -2.35. The van der Waals surface area contributed by atoms with E-state index < -0.39 is 33.4 Å². The monoisotopic (exact) mass is 485 g/mol. The fourth-order valence-corrected chi connectivity index (χ4v) is 5.00. The number of nitrogens with zero attached hydrogens (tertiary/aromatic N) is 3. The number of sulfone groups is 1. The fourth-order valence-electron chi connectivity index (χ4n) is 4.35. The highest BCUT2D eigenvalue weighted by Crippen LogP contribution is 2.59. The average molecular weight is 485 g/mol. The molecule has 2 heterocycles. The predicted octanol–water partition coefficient (Wildman–Crippen LogP) is 3.09. The molecule has 0 radical (unpaired) electrons. The van der Waals surface area contributed by atoms with Gasteiger partial charge in [0.15, 0.2) is 21.8 Å². The summed E-state index contributed by atoms with van der Waals surface area (Å²) in [5, 5.41) is 4.05. The van der Waals surface area contributed by atoms with Gasteiger partial charge in [-0.1, -0.05) is 5.16 Å². The first-order valence-electron chi connectivity index (χ1n) is 10.6. The summed E-state index contributed by atoms with van der Waals surface area (Å²) < 4.78 is 73.7. The summed E-state index contributed by atoms with van der Waals surface area (Å²) in [5.74, 6) is 0.665. The Hall–Kier alpha value is -2.63. The Morgan fingerprint density at radius 1 is 1.33 bits per heavy atom. The van der Waals surface area contributed by atoms with Crippen LogP contribution >= 0.6 is 0 Å². The first kappa shape index (κ1) is 22.2. The third-order valence-electron chi connectivity index (χ3n) is 6.62. The van der Waals surface area contributed by atoms with Gasteiger partial charge < -0.3 is 14.2 Å². The van der Waals surface area contributed by atoms with Crippen molar-refractivity contribution in [1.82, 2.24) is 15.0 Å². The predicted molar refractivity (Wildman–Crippen MR) is 108 cm³/mol. The lowest BCUT2D eigenvalue weighted by molar-refractivity contribution is -0.189. The van der Waals surface area contributed by atoms with Crippen LogP contribution in [0.2, 0.25) is 0 Å². The average Bonchev–Trinajstić information content (AvgIpc) is 3.61. The second-order valence-corrected chi connectivity index (χ2v) is 11.2. The first-order valence-corrected chi connectivity index (χ1v) is 12.5. The van der Waals surface area contributed by atoms with Gasteiger partial charge in [-0.15, -0.1) is 0 Å². The number of amides is 1. The van der Waals surface area contributed by atoms with Gasteiger partial charge in [0.1, 0.15) is 5.75 Å². The summed E-state index contributed by atoms with van der Waals surface area (Å²) in [5.41, 5.74) is -0.681. The molecule has 1 aliphatic heterocycles. The molecule has 178 valence electrons. The maximum Gasteiger partial charge on any atom is 0.425 e. The maximum atomic E-state index is 13.3. The van der Waals surface area contributed by atoms with E-state index in [-0.39, 0.29) is 28.7 Å². The minimum absolute atomic E-state index is 0.102. The van der Waals surface area contributed by atoms with Gasteiger partial charge in [-0.05, 0) is 50.3 Å². The van der Waals surface area contributed by atoms with E-state index in [0.717, 1.165) is 50.6 Å². The smallest absolute Gasteiger partial charge is 0.425 e. The molecule has 2 aromatic rings. The lowest BCUT2D eigenvalue weighted by Gasteiger charge is -2.23. The van der Waals surface area contributed by atoms with Crippen molar-refractivity contribution in [2.24, 2.45) is 5.92 Å². The molecule has 3 fully saturated rings. The van der Waals surface area contributed by atoms with E-state index in [0.29, 0.717) is 24.2 Å². The van der Waals surface area contributed by atoms with Crippen LogP contribution in [-0.4, -0.2) is 61.0 Å². The van der Waals surface area contributed by atoms with Gasteiger partial charge in [-0.3, -0.25) is 4.79 Å². The Labute approximate surface area is 188 Å². The Morgan fingerprint density at radius 3 is 2.70 bits per heavy atom. The third-order valence-corrected chi connectivity index (χ3v) is 7.73. The van der Waals surface area contributed by atoms with Crippen molar-refractivity contribution in [3.05, 3.63) is 35.5 Å². The molecule has 0 spiro atoms. The third kappa shape index (κ3) is 3.98. The topological polar surface area (TPSA) is 103 Å². The molecular formula is C21H22F3N3O5S. The fraction of sp³-hybridized carbons (Fsp3) is 0.571. The van der Waals surface area contributed by atoms with Crippen molar-refractivity contribution in [2.45, 2.75) is 54.7 Å². The Balaban J connectivity index is 1.42. The number of piperidine rings is 1. The summed E-state index contributed by atoms with van der Waals surface area (Å²) in [6.45, 7) is 1.45. The van der Waals surface area contributed by atoms with Crippen molar-refractivity contribution in [2.75, 3.05) is 19.3 Å². The maximum absolute atomic E-state index is 13.3. The number of aromatic nitrogens is 2. The number of carbonyl (C=O) groups is 1. The van der Waals surface area contributed by atoms with E-state index in [9.17, 15) is 26.4 Å². The zero-order valence-corrected chi connectivity index (χ0v) is 18.7. The van der Waals surface area contributed by atoms with Crippen molar-refractivity contribution in [3.8, 4) is 5.75 Å². The number of carbonyl (C=O) groups excluding carboxylic acids is 1. The minimum atomic E-state index is -4.65. The molecule has 5 rings (SSSR count). The van der Waals surface area contributed by atoms with Crippen LogP contribution in [0.3, 0.4) is 0 Å². The van der Waals surface area contributed by atoms with Crippen LogP contribution in [0, 0.1) is 5.92 Å². The number of fused-ring (bicyclic) bond motifs is 1. The van der Waals surface area contributed by atoms with E-state index in [2.05, 4.69) is 10.1 Å². The van der Waals surface area contributed by atoms with Crippen molar-refractivity contribution in [1.29, 1.82) is 0 Å². The van der Waals surface area contributed by atoms with Crippen molar-refractivity contribution >= 4 is 15.7 Å². The molecule has 1 saturated heterocycles. The quantitative estimate of drug-likeness (QED) is 0.620. The van der Waals surface area contributed by atoms with Gasteiger partial charge in [0.25, 0.3) is 5.91 Å². The molecule has 8 nitrogen and oxygen atoms in total. The lowest BCUT2D eigenvalue weighted by atomic mass is 10.1. The number of hydrogen-bond donors (Lipinski definition) is 0.